The lowest BCUT2D eigenvalue weighted by atomic mass is 9.98. The first-order chi connectivity index (χ1) is 27.0. The van der Waals surface area contributed by atoms with Crippen LogP contribution in [0.15, 0.2) is 97.1 Å². The van der Waals surface area contributed by atoms with Crippen molar-refractivity contribution in [2.24, 2.45) is 0 Å². The van der Waals surface area contributed by atoms with E-state index in [0.29, 0.717) is 22.7 Å². The molecule has 0 amide bonds. The van der Waals surface area contributed by atoms with Gasteiger partial charge in [0, 0.05) is 67.1 Å². The van der Waals surface area contributed by atoms with Crippen LogP contribution in [0.3, 0.4) is 0 Å². The number of nitrogens with zero attached hydrogens (tertiary/aromatic N) is 2. The molecule has 3 aromatic heterocycles. The second-order valence-corrected chi connectivity index (χ2v) is 14.8. The molecule has 0 atom stereocenters. The number of nitrogens with one attached hydrogen (secondary N) is 2. The lowest BCUT2D eigenvalue weighted by Crippen LogP contribution is -1.94. The van der Waals surface area contributed by atoms with Gasteiger partial charge in [-0.25, -0.2) is 9.97 Å². The molecule has 2 aliphatic heterocycles. The second-order valence-electron chi connectivity index (χ2n) is 14.8. The Morgan fingerprint density at radius 3 is 0.786 bits per heavy atom. The van der Waals surface area contributed by atoms with Gasteiger partial charge < -0.3 is 32.9 Å². The maximum atomic E-state index is 6.28. The Morgan fingerprint density at radius 2 is 0.571 bits per heavy atom. The molecular formula is C48H42N8. The van der Waals surface area contributed by atoms with E-state index in [0.717, 1.165) is 112 Å². The number of nitrogens with two attached hydrogens (primary N) is 4. The van der Waals surface area contributed by atoms with Gasteiger partial charge in [0.05, 0.1) is 22.8 Å². The lowest BCUT2D eigenvalue weighted by Gasteiger charge is -2.11. The minimum Gasteiger partial charge on any atom is -0.399 e. The first kappa shape index (κ1) is 34.4. The van der Waals surface area contributed by atoms with Crippen LogP contribution >= 0.6 is 0 Å². The summed E-state index contributed by atoms with van der Waals surface area (Å²) >= 11 is 0. The molecule has 2 aliphatic rings. The van der Waals surface area contributed by atoms with E-state index in [1.165, 1.54) is 0 Å². The predicted octanol–water partition coefficient (Wildman–Crippen LogP) is 10.9. The fourth-order valence-corrected chi connectivity index (χ4v) is 8.21. The molecule has 8 nitrogen and oxygen atoms in total. The maximum Gasteiger partial charge on any atom is 0.0737 e. The fraction of sp³-hybridized carbons (Fsp3) is 0.0833. The molecule has 5 heterocycles. The minimum atomic E-state index is 0.707. The zero-order valence-electron chi connectivity index (χ0n) is 31.8. The van der Waals surface area contributed by atoms with Gasteiger partial charge in [0.25, 0.3) is 0 Å². The van der Waals surface area contributed by atoms with E-state index in [4.69, 9.17) is 32.9 Å². The van der Waals surface area contributed by atoms with Crippen LogP contribution in [0.2, 0.25) is 0 Å². The van der Waals surface area contributed by atoms with Crippen molar-refractivity contribution in [3.63, 3.8) is 0 Å². The van der Waals surface area contributed by atoms with Gasteiger partial charge in [-0.2, -0.15) is 0 Å². The summed E-state index contributed by atoms with van der Waals surface area (Å²) in [5.41, 5.74) is 47.1. The quantitative estimate of drug-likeness (QED) is 0.0988. The highest BCUT2D eigenvalue weighted by Crippen LogP contribution is 2.41. The summed E-state index contributed by atoms with van der Waals surface area (Å²) < 4.78 is 0. The number of rotatable bonds is 4. The van der Waals surface area contributed by atoms with Crippen LogP contribution in [0.1, 0.15) is 45.0 Å². The highest BCUT2D eigenvalue weighted by Gasteiger charge is 2.21. The van der Waals surface area contributed by atoms with Crippen molar-refractivity contribution >= 4 is 69.1 Å². The minimum absolute atomic E-state index is 0.707. The summed E-state index contributed by atoms with van der Waals surface area (Å²) in [4.78, 5) is 18.5. The number of fused-ring (bicyclic) bond motifs is 8. The Hall–Kier alpha value is -7.32. The van der Waals surface area contributed by atoms with E-state index < -0.39 is 0 Å². The van der Waals surface area contributed by atoms with Crippen LogP contribution in [0.25, 0.3) is 90.9 Å². The van der Waals surface area contributed by atoms with Crippen LogP contribution in [-0.4, -0.2) is 19.9 Å². The Labute approximate surface area is 325 Å². The molecule has 0 spiro atoms. The van der Waals surface area contributed by atoms with Crippen molar-refractivity contribution in [2.75, 3.05) is 22.9 Å². The van der Waals surface area contributed by atoms with Gasteiger partial charge in [0.1, 0.15) is 0 Å². The monoisotopic (exact) mass is 730 g/mol. The average Bonchev–Trinajstić information content (AvgIpc) is 3.99. The van der Waals surface area contributed by atoms with Gasteiger partial charge >= 0.3 is 0 Å². The SMILES string of the molecule is Cc1cc(N)ccc1-c1c2nc(c(-c3ccc(N)cc3C)c3ccc([nH]3)c(-c3ccc(N)cc3C)c3nc(c(-c4ccc(N)cc4C)c4ccc1[nH]4)C=C3)C=C2. The molecule has 8 bridgehead atoms. The molecule has 9 rings (SSSR count). The largest absolute Gasteiger partial charge is 0.399 e. The summed E-state index contributed by atoms with van der Waals surface area (Å²) in [7, 11) is 0. The standard InChI is InChI=1S/C48H42N8/c1-25-21-29(49)5-9-33(25)45-37-13-15-39(53-37)46(34-10-6-30(50)22-26(34)2)41-17-19-43(55-41)48(36-12-8-32(52)24-28(36)4)44-20-18-42(56-44)47(40-16-14-38(45)54-40)35-11-7-31(51)23-27(35)3/h5-24,53,56H,49-52H2,1-4H3. The lowest BCUT2D eigenvalue weighted by molar-refractivity contribution is 1.30. The first-order valence-corrected chi connectivity index (χ1v) is 18.6. The molecule has 0 saturated carbocycles. The van der Waals surface area contributed by atoms with E-state index in [1.54, 1.807) is 0 Å². The third-order valence-electron chi connectivity index (χ3n) is 10.8. The van der Waals surface area contributed by atoms with Gasteiger partial charge in [-0.15, -0.1) is 0 Å². The Morgan fingerprint density at radius 1 is 0.339 bits per heavy atom. The average molecular weight is 731 g/mol. The van der Waals surface area contributed by atoms with Crippen LogP contribution in [0.5, 0.6) is 0 Å². The molecule has 0 unspecified atom stereocenters. The molecule has 8 heteroatoms. The third-order valence-corrected chi connectivity index (χ3v) is 10.8. The molecule has 0 saturated heterocycles. The summed E-state index contributed by atoms with van der Waals surface area (Å²) in [6.07, 6.45) is 8.41. The van der Waals surface area contributed by atoms with Crippen LogP contribution in [0.4, 0.5) is 22.7 Å². The van der Waals surface area contributed by atoms with Crippen molar-refractivity contribution in [3.8, 4) is 44.5 Å². The number of benzene rings is 4. The van der Waals surface area contributed by atoms with Crippen molar-refractivity contribution in [1.29, 1.82) is 0 Å². The zero-order chi connectivity index (χ0) is 38.8. The molecule has 7 aromatic rings. The Bertz CT molecular complexity index is 2620. The number of aryl methyl sites for hydroxylation is 4. The molecule has 56 heavy (non-hydrogen) atoms. The van der Waals surface area contributed by atoms with E-state index in [9.17, 15) is 0 Å². The number of hydrogen-bond donors (Lipinski definition) is 6. The van der Waals surface area contributed by atoms with Gasteiger partial charge in [-0.1, -0.05) is 24.3 Å². The smallest absolute Gasteiger partial charge is 0.0737 e. The maximum absolute atomic E-state index is 6.28. The van der Waals surface area contributed by atoms with E-state index in [1.807, 2.05) is 48.5 Å². The number of H-pyrrole nitrogens is 2. The van der Waals surface area contributed by atoms with Crippen molar-refractivity contribution < 1.29 is 0 Å². The fourth-order valence-electron chi connectivity index (χ4n) is 8.21. The summed E-state index contributed by atoms with van der Waals surface area (Å²) in [5, 5.41) is 0. The Kier molecular flexibility index (Phi) is 8.13. The first-order valence-electron chi connectivity index (χ1n) is 18.6. The van der Waals surface area contributed by atoms with Crippen LogP contribution < -0.4 is 22.9 Å². The van der Waals surface area contributed by atoms with E-state index in [-0.39, 0.29) is 0 Å². The van der Waals surface area contributed by atoms with Gasteiger partial charge in [-0.3, -0.25) is 0 Å². The summed E-state index contributed by atoms with van der Waals surface area (Å²) in [6, 6.07) is 32.6. The van der Waals surface area contributed by atoms with Crippen LogP contribution in [0, 0.1) is 27.7 Å². The molecule has 274 valence electrons. The topological polar surface area (TPSA) is 161 Å². The van der Waals surface area contributed by atoms with Gasteiger partial charge in [-0.05, 0) is 169 Å². The highest BCUT2D eigenvalue weighted by molar-refractivity contribution is 6.01. The normalized spacial score (nSPS) is 12.1. The number of hydrogen-bond acceptors (Lipinski definition) is 6. The third kappa shape index (κ3) is 5.88. The number of aromatic nitrogens is 4. The number of aromatic amines is 2. The van der Waals surface area contributed by atoms with Crippen molar-refractivity contribution in [1.82, 2.24) is 19.9 Å². The van der Waals surface area contributed by atoms with Crippen molar-refractivity contribution in [2.45, 2.75) is 27.7 Å². The highest BCUT2D eigenvalue weighted by atomic mass is 14.8. The Balaban J connectivity index is 1.50. The van der Waals surface area contributed by atoms with Crippen molar-refractivity contribution in [3.05, 3.63) is 142 Å². The second kappa shape index (κ2) is 13.2. The molecule has 4 aromatic carbocycles. The molecule has 0 radical (unpaired) electrons. The van der Waals surface area contributed by atoms with E-state index in [2.05, 4.69) is 110 Å². The molecule has 0 aliphatic carbocycles. The van der Waals surface area contributed by atoms with E-state index >= 15 is 0 Å². The van der Waals surface area contributed by atoms with Crippen LogP contribution in [-0.2, 0) is 0 Å². The summed E-state index contributed by atoms with van der Waals surface area (Å²) in [5.74, 6) is 0. The number of anilines is 4. The molecular weight excluding hydrogens is 689 g/mol. The molecule has 0 fully saturated rings. The van der Waals surface area contributed by atoms with Gasteiger partial charge in [0.15, 0.2) is 0 Å². The molecule has 10 N–H and O–H groups in total. The van der Waals surface area contributed by atoms with Gasteiger partial charge in [0.2, 0.25) is 0 Å². The predicted molar refractivity (Wildman–Crippen MR) is 237 cm³/mol. The number of nitrogen functional groups attached to an aromatic ring is 4. The summed E-state index contributed by atoms with van der Waals surface area (Å²) in [6.45, 7) is 8.34. The zero-order valence-corrected chi connectivity index (χ0v) is 31.8.